The molecule has 2 heterocycles. The Morgan fingerprint density at radius 3 is 2.68 bits per heavy atom. The molecule has 1 aromatic rings. The third-order valence-corrected chi connectivity index (χ3v) is 3.98. The number of rotatable bonds is 4. The van der Waals surface area contributed by atoms with E-state index in [4.69, 9.17) is 0 Å². The van der Waals surface area contributed by atoms with Gasteiger partial charge in [-0.3, -0.25) is 14.8 Å². The lowest BCUT2D eigenvalue weighted by molar-refractivity contribution is -0.133. The Hall–Kier alpha value is -1.49. The minimum absolute atomic E-state index is 0.152. The highest BCUT2D eigenvalue weighted by Crippen LogP contribution is 2.32. The molecule has 0 saturated carbocycles. The molecule has 2 N–H and O–H groups in total. The van der Waals surface area contributed by atoms with Gasteiger partial charge in [0, 0.05) is 6.20 Å². The fourth-order valence-electron chi connectivity index (χ4n) is 2.52. The number of carbonyl (C=O) groups excluding carboxylic acids is 1. The van der Waals surface area contributed by atoms with E-state index >= 15 is 0 Å². The van der Waals surface area contributed by atoms with E-state index in [1.54, 1.807) is 12.4 Å². The third kappa shape index (κ3) is 3.29. The van der Waals surface area contributed by atoms with Crippen molar-refractivity contribution in [3.05, 3.63) is 23.8 Å². The molecule has 0 spiro atoms. The zero-order valence-electron chi connectivity index (χ0n) is 11.7. The van der Waals surface area contributed by atoms with Crippen LogP contribution in [0.2, 0.25) is 0 Å². The van der Waals surface area contributed by atoms with Gasteiger partial charge in [0.15, 0.2) is 0 Å². The summed E-state index contributed by atoms with van der Waals surface area (Å²) >= 11 is 0. The van der Waals surface area contributed by atoms with Crippen LogP contribution in [-0.4, -0.2) is 29.0 Å². The summed E-state index contributed by atoms with van der Waals surface area (Å²) in [6.07, 6.45) is 6.15. The molecule has 104 valence electrons. The van der Waals surface area contributed by atoms with Crippen molar-refractivity contribution in [1.29, 1.82) is 0 Å². The number of aryl methyl sites for hydroxylation is 1. The Morgan fingerprint density at radius 1 is 1.37 bits per heavy atom. The monoisotopic (exact) mass is 262 g/mol. The normalized spacial score (nSPS) is 18.0. The number of nitrogens with one attached hydrogen (secondary N) is 2. The number of hydrogen-bond acceptors (Lipinski definition) is 4. The first-order chi connectivity index (χ1) is 9.16. The van der Waals surface area contributed by atoms with Gasteiger partial charge in [-0.05, 0) is 39.3 Å². The molecule has 1 aliphatic heterocycles. The summed E-state index contributed by atoms with van der Waals surface area (Å²) in [4.78, 5) is 20.8. The average Bonchev–Trinajstić information content (AvgIpc) is 2.47. The van der Waals surface area contributed by atoms with E-state index in [9.17, 15) is 4.79 Å². The van der Waals surface area contributed by atoms with Crippen molar-refractivity contribution in [2.24, 2.45) is 5.41 Å². The highest BCUT2D eigenvalue weighted by Gasteiger charge is 2.37. The number of aromatic nitrogens is 2. The first-order valence-corrected chi connectivity index (χ1v) is 6.93. The van der Waals surface area contributed by atoms with Crippen LogP contribution in [0, 0.1) is 12.3 Å². The number of nitrogens with zero attached hydrogens (tertiary/aromatic N) is 2. The molecule has 19 heavy (non-hydrogen) atoms. The minimum atomic E-state index is -0.205. The quantitative estimate of drug-likeness (QED) is 0.855. The van der Waals surface area contributed by atoms with Gasteiger partial charge in [0.2, 0.25) is 5.91 Å². The Balaban J connectivity index is 1.94. The van der Waals surface area contributed by atoms with Crippen molar-refractivity contribution >= 4 is 5.91 Å². The maximum absolute atomic E-state index is 12.4. The average molecular weight is 262 g/mol. The van der Waals surface area contributed by atoms with Crippen LogP contribution in [0.5, 0.6) is 0 Å². The largest absolute Gasteiger partial charge is 0.350 e. The van der Waals surface area contributed by atoms with Crippen LogP contribution in [0.3, 0.4) is 0 Å². The third-order valence-electron chi connectivity index (χ3n) is 3.98. The smallest absolute Gasteiger partial charge is 0.226 e. The summed E-state index contributed by atoms with van der Waals surface area (Å²) in [6, 6.07) is 0. The van der Waals surface area contributed by atoms with Gasteiger partial charge < -0.3 is 10.6 Å². The van der Waals surface area contributed by atoms with Crippen LogP contribution in [0.15, 0.2) is 12.4 Å². The highest BCUT2D eigenvalue weighted by molar-refractivity contribution is 5.82. The zero-order valence-corrected chi connectivity index (χ0v) is 11.7. The molecule has 1 amide bonds. The molecule has 0 atom stereocenters. The van der Waals surface area contributed by atoms with Crippen LogP contribution in [0.25, 0.3) is 0 Å². The molecular weight excluding hydrogens is 240 g/mol. The molecule has 0 radical (unpaired) electrons. The number of piperidine rings is 1. The predicted octanol–water partition coefficient (Wildman–Crippen LogP) is 1.18. The number of carbonyl (C=O) groups is 1. The van der Waals surface area contributed by atoms with Crippen molar-refractivity contribution in [1.82, 2.24) is 20.6 Å². The minimum Gasteiger partial charge on any atom is -0.350 e. The highest BCUT2D eigenvalue weighted by atomic mass is 16.2. The van der Waals surface area contributed by atoms with Gasteiger partial charge in [-0.15, -0.1) is 0 Å². The summed E-state index contributed by atoms with van der Waals surface area (Å²) in [7, 11) is 0. The summed E-state index contributed by atoms with van der Waals surface area (Å²) in [5.41, 5.74) is 1.49. The van der Waals surface area contributed by atoms with E-state index in [-0.39, 0.29) is 11.3 Å². The van der Waals surface area contributed by atoms with E-state index in [2.05, 4.69) is 27.5 Å². The topological polar surface area (TPSA) is 66.9 Å². The summed E-state index contributed by atoms with van der Waals surface area (Å²) in [6.45, 7) is 6.30. The molecule has 2 rings (SSSR count). The summed E-state index contributed by atoms with van der Waals surface area (Å²) < 4.78 is 0. The van der Waals surface area contributed by atoms with Gasteiger partial charge in [-0.25, -0.2) is 0 Å². The standard InChI is InChI=1S/C14H22N4O/c1-3-14(4-6-15-7-5-14)13(19)18-10-12-9-16-11(2)8-17-12/h8-9,15H,3-7,10H2,1-2H3,(H,18,19). The molecule has 5 nitrogen and oxygen atoms in total. The SMILES string of the molecule is CCC1(C(=O)NCc2cnc(C)cn2)CCNCC1. The number of hydrogen-bond donors (Lipinski definition) is 2. The van der Waals surface area contributed by atoms with Crippen LogP contribution in [0.1, 0.15) is 37.6 Å². The zero-order chi connectivity index (χ0) is 13.7. The molecule has 1 aromatic heterocycles. The first-order valence-electron chi connectivity index (χ1n) is 6.93. The van der Waals surface area contributed by atoms with Gasteiger partial charge in [-0.2, -0.15) is 0 Å². The Bertz CT molecular complexity index is 424. The lowest BCUT2D eigenvalue weighted by atomic mass is 9.76. The maximum atomic E-state index is 12.4. The van der Waals surface area contributed by atoms with E-state index in [1.165, 1.54) is 0 Å². The number of amides is 1. The molecule has 0 aliphatic carbocycles. The van der Waals surface area contributed by atoms with Crippen LogP contribution >= 0.6 is 0 Å². The molecule has 0 aromatic carbocycles. The molecule has 1 aliphatic rings. The Labute approximate surface area is 114 Å². The second-order valence-corrected chi connectivity index (χ2v) is 5.22. The van der Waals surface area contributed by atoms with Crippen LogP contribution in [-0.2, 0) is 11.3 Å². The summed E-state index contributed by atoms with van der Waals surface area (Å²) in [5, 5.41) is 6.32. The first kappa shape index (κ1) is 13.9. The lowest BCUT2D eigenvalue weighted by Crippen LogP contribution is -2.47. The van der Waals surface area contributed by atoms with Crippen molar-refractivity contribution in [2.45, 2.75) is 39.7 Å². The molecular formula is C14H22N4O. The second-order valence-electron chi connectivity index (χ2n) is 5.22. The molecule has 5 heteroatoms. The Kier molecular flexibility index (Phi) is 4.47. The summed E-state index contributed by atoms with van der Waals surface area (Å²) in [5.74, 6) is 0.152. The van der Waals surface area contributed by atoms with E-state index in [0.29, 0.717) is 6.54 Å². The Morgan fingerprint density at radius 2 is 2.11 bits per heavy atom. The van der Waals surface area contributed by atoms with Crippen molar-refractivity contribution < 1.29 is 4.79 Å². The van der Waals surface area contributed by atoms with Gasteiger partial charge in [-0.1, -0.05) is 6.92 Å². The lowest BCUT2D eigenvalue weighted by Gasteiger charge is -2.35. The fourth-order valence-corrected chi connectivity index (χ4v) is 2.52. The van der Waals surface area contributed by atoms with Crippen molar-refractivity contribution in [3.8, 4) is 0 Å². The van der Waals surface area contributed by atoms with Crippen LogP contribution < -0.4 is 10.6 Å². The van der Waals surface area contributed by atoms with E-state index < -0.39 is 0 Å². The van der Waals surface area contributed by atoms with E-state index in [1.807, 2.05) is 6.92 Å². The van der Waals surface area contributed by atoms with Gasteiger partial charge >= 0.3 is 0 Å². The van der Waals surface area contributed by atoms with Crippen molar-refractivity contribution in [3.63, 3.8) is 0 Å². The maximum Gasteiger partial charge on any atom is 0.226 e. The van der Waals surface area contributed by atoms with Gasteiger partial charge in [0.1, 0.15) is 0 Å². The second kappa shape index (κ2) is 6.10. The molecule has 1 fully saturated rings. The fraction of sp³-hybridized carbons (Fsp3) is 0.643. The molecule has 0 unspecified atom stereocenters. The van der Waals surface area contributed by atoms with Crippen LogP contribution in [0.4, 0.5) is 0 Å². The molecule has 1 saturated heterocycles. The predicted molar refractivity (Wildman–Crippen MR) is 73.4 cm³/mol. The van der Waals surface area contributed by atoms with Gasteiger partial charge in [0.25, 0.3) is 0 Å². The molecule has 0 bridgehead atoms. The van der Waals surface area contributed by atoms with E-state index in [0.717, 1.165) is 43.7 Å². The van der Waals surface area contributed by atoms with Gasteiger partial charge in [0.05, 0.1) is 29.5 Å². The van der Waals surface area contributed by atoms with Crippen molar-refractivity contribution in [2.75, 3.05) is 13.1 Å².